The average molecular weight is 261 g/mol. The topological polar surface area (TPSA) is 47.0 Å². The molecule has 0 spiro atoms. The fourth-order valence-corrected chi connectivity index (χ4v) is 2.35. The SMILES string of the molecule is CCNc1ncnc(OCC2CC=CCC2C)c1C. The molecule has 0 aromatic carbocycles. The Morgan fingerprint density at radius 1 is 1.32 bits per heavy atom. The lowest BCUT2D eigenvalue weighted by atomic mass is 9.85. The molecule has 1 N–H and O–H groups in total. The average Bonchev–Trinajstić information content (AvgIpc) is 2.42. The van der Waals surface area contributed by atoms with Gasteiger partial charge in [0.05, 0.1) is 12.2 Å². The highest BCUT2D eigenvalue weighted by molar-refractivity contribution is 5.47. The molecule has 0 saturated heterocycles. The molecule has 2 atom stereocenters. The number of rotatable bonds is 5. The van der Waals surface area contributed by atoms with Gasteiger partial charge in [0.1, 0.15) is 12.1 Å². The minimum atomic E-state index is 0.585. The van der Waals surface area contributed by atoms with Crippen molar-refractivity contribution in [1.29, 1.82) is 0 Å². The van der Waals surface area contributed by atoms with Gasteiger partial charge in [-0.05, 0) is 38.5 Å². The summed E-state index contributed by atoms with van der Waals surface area (Å²) < 4.78 is 5.91. The maximum atomic E-state index is 5.91. The minimum absolute atomic E-state index is 0.585. The van der Waals surface area contributed by atoms with Crippen LogP contribution in [0.15, 0.2) is 18.5 Å². The molecule has 4 nitrogen and oxygen atoms in total. The smallest absolute Gasteiger partial charge is 0.221 e. The third-order valence-electron chi connectivity index (χ3n) is 3.73. The van der Waals surface area contributed by atoms with Gasteiger partial charge in [-0.2, -0.15) is 0 Å². The summed E-state index contributed by atoms with van der Waals surface area (Å²) in [4.78, 5) is 8.46. The van der Waals surface area contributed by atoms with E-state index in [1.807, 2.05) is 6.92 Å². The summed E-state index contributed by atoms with van der Waals surface area (Å²) in [6, 6.07) is 0. The van der Waals surface area contributed by atoms with E-state index in [1.165, 1.54) is 0 Å². The molecule has 104 valence electrons. The van der Waals surface area contributed by atoms with Crippen molar-refractivity contribution in [2.24, 2.45) is 11.8 Å². The largest absolute Gasteiger partial charge is 0.477 e. The van der Waals surface area contributed by atoms with Crippen LogP contribution in [0.4, 0.5) is 5.82 Å². The van der Waals surface area contributed by atoms with Gasteiger partial charge in [0.15, 0.2) is 0 Å². The highest BCUT2D eigenvalue weighted by Gasteiger charge is 2.19. The second-order valence-corrected chi connectivity index (χ2v) is 5.17. The van der Waals surface area contributed by atoms with Crippen LogP contribution in [0.25, 0.3) is 0 Å². The Balaban J connectivity index is 1.99. The summed E-state index contributed by atoms with van der Waals surface area (Å²) in [6.07, 6.45) is 8.33. The number of ether oxygens (including phenoxy) is 1. The zero-order chi connectivity index (χ0) is 13.7. The molecule has 1 heterocycles. The van der Waals surface area contributed by atoms with E-state index < -0.39 is 0 Å². The third-order valence-corrected chi connectivity index (χ3v) is 3.73. The molecule has 1 aromatic heterocycles. The zero-order valence-corrected chi connectivity index (χ0v) is 12.0. The first-order valence-electron chi connectivity index (χ1n) is 7.05. The molecule has 2 unspecified atom stereocenters. The van der Waals surface area contributed by atoms with E-state index in [-0.39, 0.29) is 0 Å². The van der Waals surface area contributed by atoms with E-state index in [0.29, 0.717) is 17.7 Å². The van der Waals surface area contributed by atoms with Gasteiger partial charge in [0.2, 0.25) is 5.88 Å². The van der Waals surface area contributed by atoms with Gasteiger partial charge < -0.3 is 10.1 Å². The maximum Gasteiger partial charge on any atom is 0.221 e. The third kappa shape index (κ3) is 3.46. The quantitative estimate of drug-likeness (QED) is 0.827. The van der Waals surface area contributed by atoms with Crippen LogP contribution in [-0.2, 0) is 0 Å². The second-order valence-electron chi connectivity index (χ2n) is 5.17. The molecule has 1 aliphatic rings. The number of hydrogen-bond acceptors (Lipinski definition) is 4. The molecule has 2 rings (SSSR count). The van der Waals surface area contributed by atoms with E-state index in [0.717, 1.165) is 37.4 Å². The summed E-state index contributed by atoms with van der Waals surface area (Å²) in [5.74, 6) is 2.83. The number of hydrogen-bond donors (Lipinski definition) is 1. The Morgan fingerprint density at radius 2 is 2.11 bits per heavy atom. The fraction of sp³-hybridized carbons (Fsp3) is 0.600. The summed E-state index contributed by atoms with van der Waals surface area (Å²) in [6.45, 7) is 7.92. The summed E-state index contributed by atoms with van der Waals surface area (Å²) in [5, 5.41) is 3.22. The number of nitrogens with one attached hydrogen (secondary N) is 1. The van der Waals surface area contributed by atoms with Crippen molar-refractivity contribution in [3.8, 4) is 5.88 Å². The first-order valence-corrected chi connectivity index (χ1v) is 7.05. The van der Waals surface area contributed by atoms with Crippen LogP contribution in [-0.4, -0.2) is 23.1 Å². The molecule has 1 aromatic rings. The molecule has 0 amide bonds. The predicted octanol–water partition coefficient (Wildman–Crippen LogP) is 3.20. The van der Waals surface area contributed by atoms with Crippen molar-refractivity contribution in [3.63, 3.8) is 0 Å². The Hall–Kier alpha value is -1.58. The Morgan fingerprint density at radius 3 is 2.84 bits per heavy atom. The normalized spacial score (nSPS) is 22.3. The Bertz CT molecular complexity index is 445. The van der Waals surface area contributed by atoms with Crippen LogP contribution in [0.1, 0.15) is 32.3 Å². The van der Waals surface area contributed by atoms with Crippen molar-refractivity contribution in [3.05, 3.63) is 24.0 Å². The van der Waals surface area contributed by atoms with E-state index in [4.69, 9.17) is 4.74 Å². The second kappa shape index (κ2) is 6.55. The molecule has 0 radical (unpaired) electrons. The van der Waals surface area contributed by atoms with Gasteiger partial charge in [-0.3, -0.25) is 0 Å². The molecule has 0 bridgehead atoms. The maximum absolute atomic E-state index is 5.91. The minimum Gasteiger partial charge on any atom is -0.477 e. The molecule has 19 heavy (non-hydrogen) atoms. The highest BCUT2D eigenvalue weighted by atomic mass is 16.5. The van der Waals surface area contributed by atoms with Crippen LogP contribution < -0.4 is 10.1 Å². The van der Waals surface area contributed by atoms with E-state index >= 15 is 0 Å². The van der Waals surface area contributed by atoms with E-state index in [9.17, 15) is 0 Å². The molecular weight excluding hydrogens is 238 g/mol. The monoisotopic (exact) mass is 261 g/mol. The molecule has 1 aliphatic carbocycles. The number of aromatic nitrogens is 2. The Kier molecular flexibility index (Phi) is 4.77. The van der Waals surface area contributed by atoms with Crippen molar-refractivity contribution >= 4 is 5.82 Å². The first-order chi connectivity index (χ1) is 9.22. The van der Waals surface area contributed by atoms with Gasteiger partial charge in [0, 0.05) is 6.54 Å². The number of nitrogens with zero attached hydrogens (tertiary/aromatic N) is 2. The number of allylic oxidation sites excluding steroid dienone is 2. The lowest BCUT2D eigenvalue weighted by molar-refractivity contribution is 0.191. The van der Waals surface area contributed by atoms with Crippen LogP contribution in [0.5, 0.6) is 5.88 Å². The standard InChI is InChI=1S/C15H23N3O/c1-4-16-14-12(3)15(18-10-17-14)19-9-13-8-6-5-7-11(13)2/h5-6,10-11,13H,4,7-9H2,1-3H3,(H,16,17,18). The van der Waals surface area contributed by atoms with Crippen LogP contribution >= 0.6 is 0 Å². The van der Waals surface area contributed by atoms with Gasteiger partial charge in [-0.1, -0.05) is 19.1 Å². The summed E-state index contributed by atoms with van der Waals surface area (Å²) in [5.41, 5.74) is 0.989. The summed E-state index contributed by atoms with van der Waals surface area (Å²) in [7, 11) is 0. The Labute approximate surface area is 115 Å². The molecule has 0 fully saturated rings. The van der Waals surface area contributed by atoms with Gasteiger partial charge in [0.25, 0.3) is 0 Å². The van der Waals surface area contributed by atoms with Crippen LogP contribution in [0, 0.1) is 18.8 Å². The fourth-order valence-electron chi connectivity index (χ4n) is 2.35. The van der Waals surface area contributed by atoms with Crippen LogP contribution in [0.3, 0.4) is 0 Å². The van der Waals surface area contributed by atoms with E-state index in [2.05, 4.69) is 41.3 Å². The lowest BCUT2D eigenvalue weighted by Crippen LogP contribution is -2.21. The lowest BCUT2D eigenvalue weighted by Gasteiger charge is -2.25. The molecule has 0 saturated carbocycles. The first kappa shape index (κ1) is 13.8. The molecular formula is C15H23N3O. The zero-order valence-electron chi connectivity index (χ0n) is 12.0. The number of anilines is 1. The summed E-state index contributed by atoms with van der Waals surface area (Å²) >= 11 is 0. The van der Waals surface area contributed by atoms with Gasteiger partial charge in [-0.25, -0.2) is 9.97 Å². The predicted molar refractivity (Wildman–Crippen MR) is 77.5 cm³/mol. The van der Waals surface area contributed by atoms with Gasteiger partial charge in [-0.15, -0.1) is 0 Å². The van der Waals surface area contributed by atoms with Crippen molar-refractivity contribution in [2.45, 2.75) is 33.6 Å². The van der Waals surface area contributed by atoms with Crippen LogP contribution in [0.2, 0.25) is 0 Å². The van der Waals surface area contributed by atoms with Crippen molar-refractivity contribution < 1.29 is 4.74 Å². The van der Waals surface area contributed by atoms with Gasteiger partial charge >= 0.3 is 0 Å². The molecule has 0 aliphatic heterocycles. The van der Waals surface area contributed by atoms with Crippen molar-refractivity contribution in [1.82, 2.24) is 9.97 Å². The molecule has 4 heteroatoms. The highest BCUT2D eigenvalue weighted by Crippen LogP contribution is 2.27. The van der Waals surface area contributed by atoms with E-state index in [1.54, 1.807) is 6.33 Å². The van der Waals surface area contributed by atoms with Crippen molar-refractivity contribution in [2.75, 3.05) is 18.5 Å².